The van der Waals surface area contributed by atoms with E-state index in [-0.39, 0.29) is 11.7 Å². The van der Waals surface area contributed by atoms with Crippen molar-refractivity contribution >= 4 is 0 Å². The smallest absolute Gasteiger partial charge is 0.123 e. The van der Waals surface area contributed by atoms with Crippen LogP contribution in [-0.4, -0.2) is 5.11 Å². The average molecular weight is 238 g/mol. The molecule has 0 radical (unpaired) electrons. The maximum absolute atomic E-state index is 13.3. The standard InChI is InChI=1S/C15H23FO/c1-4-6-7-12(5-2)15(17)13-8-11(3)9-14(16)10-13/h8-10,12,15,17H,4-7H2,1-3H3. The van der Waals surface area contributed by atoms with Crippen molar-refractivity contribution < 1.29 is 9.50 Å². The number of benzene rings is 1. The molecule has 1 nitrogen and oxygen atoms in total. The second-order valence-electron chi connectivity index (χ2n) is 4.82. The van der Waals surface area contributed by atoms with E-state index < -0.39 is 6.10 Å². The van der Waals surface area contributed by atoms with Crippen molar-refractivity contribution in [3.8, 4) is 0 Å². The third kappa shape index (κ3) is 4.12. The molecule has 0 aliphatic carbocycles. The van der Waals surface area contributed by atoms with Gasteiger partial charge in [0.25, 0.3) is 0 Å². The van der Waals surface area contributed by atoms with Crippen LogP contribution in [-0.2, 0) is 0 Å². The van der Waals surface area contributed by atoms with Gasteiger partial charge in [-0.25, -0.2) is 4.39 Å². The maximum atomic E-state index is 13.3. The van der Waals surface area contributed by atoms with E-state index in [0.717, 1.165) is 31.2 Å². The van der Waals surface area contributed by atoms with Gasteiger partial charge in [-0.3, -0.25) is 0 Å². The molecule has 1 aromatic carbocycles. The van der Waals surface area contributed by atoms with Crippen LogP contribution in [0.15, 0.2) is 18.2 Å². The van der Waals surface area contributed by atoms with Crippen molar-refractivity contribution in [2.75, 3.05) is 0 Å². The zero-order chi connectivity index (χ0) is 12.8. The molecule has 1 aromatic rings. The van der Waals surface area contributed by atoms with Crippen LogP contribution in [0.4, 0.5) is 4.39 Å². The van der Waals surface area contributed by atoms with Gasteiger partial charge in [-0.2, -0.15) is 0 Å². The molecule has 0 bridgehead atoms. The summed E-state index contributed by atoms with van der Waals surface area (Å²) in [5.74, 6) is -0.0273. The lowest BCUT2D eigenvalue weighted by molar-refractivity contribution is 0.0985. The summed E-state index contributed by atoms with van der Waals surface area (Å²) in [7, 11) is 0. The molecule has 0 aromatic heterocycles. The monoisotopic (exact) mass is 238 g/mol. The largest absolute Gasteiger partial charge is 0.388 e. The molecular weight excluding hydrogens is 215 g/mol. The molecule has 0 aliphatic heterocycles. The number of aliphatic hydroxyl groups excluding tert-OH is 1. The van der Waals surface area contributed by atoms with E-state index in [9.17, 15) is 9.50 Å². The maximum Gasteiger partial charge on any atom is 0.123 e. The van der Waals surface area contributed by atoms with Gasteiger partial charge in [-0.1, -0.05) is 39.2 Å². The van der Waals surface area contributed by atoms with Crippen LogP contribution in [0.5, 0.6) is 0 Å². The number of unbranched alkanes of at least 4 members (excludes halogenated alkanes) is 1. The van der Waals surface area contributed by atoms with Gasteiger partial charge in [0, 0.05) is 0 Å². The van der Waals surface area contributed by atoms with Crippen molar-refractivity contribution in [3.05, 3.63) is 35.1 Å². The normalized spacial score (nSPS) is 14.6. The Morgan fingerprint density at radius 1 is 1.24 bits per heavy atom. The van der Waals surface area contributed by atoms with E-state index in [1.54, 1.807) is 0 Å². The highest BCUT2D eigenvalue weighted by Gasteiger charge is 2.19. The fourth-order valence-electron chi connectivity index (χ4n) is 2.26. The molecule has 2 heteroatoms. The van der Waals surface area contributed by atoms with E-state index in [4.69, 9.17) is 0 Å². The fraction of sp³-hybridized carbons (Fsp3) is 0.600. The van der Waals surface area contributed by atoms with Gasteiger partial charge in [0.05, 0.1) is 6.10 Å². The molecule has 0 amide bonds. The minimum Gasteiger partial charge on any atom is -0.388 e. The Balaban J connectivity index is 2.81. The van der Waals surface area contributed by atoms with Crippen LogP contribution in [0.2, 0.25) is 0 Å². The van der Waals surface area contributed by atoms with Crippen LogP contribution >= 0.6 is 0 Å². The number of aliphatic hydroxyl groups is 1. The summed E-state index contributed by atoms with van der Waals surface area (Å²) in [4.78, 5) is 0. The van der Waals surface area contributed by atoms with Crippen molar-refractivity contribution in [1.82, 2.24) is 0 Å². The van der Waals surface area contributed by atoms with E-state index >= 15 is 0 Å². The highest BCUT2D eigenvalue weighted by molar-refractivity contribution is 5.25. The summed E-state index contributed by atoms with van der Waals surface area (Å²) in [6.07, 6.45) is 3.64. The zero-order valence-electron chi connectivity index (χ0n) is 11.0. The van der Waals surface area contributed by atoms with E-state index in [2.05, 4.69) is 13.8 Å². The van der Waals surface area contributed by atoms with Crippen molar-refractivity contribution in [2.45, 2.75) is 52.6 Å². The third-order valence-corrected chi connectivity index (χ3v) is 3.31. The predicted molar refractivity (Wildman–Crippen MR) is 69.4 cm³/mol. The lowest BCUT2D eigenvalue weighted by atomic mass is 9.88. The second kappa shape index (κ2) is 6.75. The van der Waals surface area contributed by atoms with Gasteiger partial charge in [-0.15, -0.1) is 0 Å². The molecular formula is C15H23FO. The summed E-state index contributed by atoms with van der Waals surface area (Å²) in [6, 6.07) is 4.82. The topological polar surface area (TPSA) is 20.2 Å². The Morgan fingerprint density at radius 3 is 2.47 bits per heavy atom. The molecule has 17 heavy (non-hydrogen) atoms. The first-order valence-corrected chi connectivity index (χ1v) is 6.53. The minimum absolute atomic E-state index is 0.233. The van der Waals surface area contributed by atoms with E-state index in [1.807, 2.05) is 13.0 Å². The summed E-state index contributed by atoms with van der Waals surface area (Å²) >= 11 is 0. The molecule has 1 N–H and O–H groups in total. The third-order valence-electron chi connectivity index (χ3n) is 3.31. The highest BCUT2D eigenvalue weighted by Crippen LogP contribution is 2.29. The summed E-state index contributed by atoms with van der Waals surface area (Å²) in [6.45, 7) is 6.08. The molecule has 0 heterocycles. The first kappa shape index (κ1) is 14.2. The molecule has 0 saturated heterocycles. The SMILES string of the molecule is CCCCC(CC)C(O)c1cc(C)cc(F)c1. The number of hydrogen-bond donors (Lipinski definition) is 1. The molecule has 2 unspecified atom stereocenters. The molecule has 0 aliphatic rings. The van der Waals surface area contributed by atoms with Crippen LogP contribution in [0.1, 0.15) is 56.8 Å². The van der Waals surface area contributed by atoms with Gasteiger partial charge in [0.1, 0.15) is 5.82 Å². The van der Waals surface area contributed by atoms with Crippen molar-refractivity contribution in [3.63, 3.8) is 0 Å². The van der Waals surface area contributed by atoms with Crippen molar-refractivity contribution in [1.29, 1.82) is 0 Å². The Bertz CT molecular complexity index is 329. The average Bonchev–Trinajstić information content (AvgIpc) is 2.28. The highest BCUT2D eigenvalue weighted by atomic mass is 19.1. The Labute approximate surface area is 104 Å². The number of rotatable bonds is 6. The number of halogens is 1. The van der Waals surface area contributed by atoms with Crippen LogP contribution in [0, 0.1) is 18.7 Å². The predicted octanol–water partition coefficient (Wildman–Crippen LogP) is 4.38. The zero-order valence-corrected chi connectivity index (χ0v) is 11.0. The van der Waals surface area contributed by atoms with Gasteiger partial charge >= 0.3 is 0 Å². The first-order valence-electron chi connectivity index (χ1n) is 6.53. The number of aryl methyl sites for hydroxylation is 1. The van der Waals surface area contributed by atoms with Gasteiger partial charge in [0.2, 0.25) is 0 Å². The quantitative estimate of drug-likeness (QED) is 0.779. The summed E-state index contributed by atoms with van der Waals surface area (Å²) < 4.78 is 13.3. The van der Waals surface area contributed by atoms with Crippen LogP contribution in [0.25, 0.3) is 0 Å². The summed E-state index contributed by atoms with van der Waals surface area (Å²) in [5.41, 5.74) is 1.58. The van der Waals surface area contributed by atoms with Gasteiger partial charge in [-0.05, 0) is 42.5 Å². The molecule has 96 valence electrons. The molecule has 1 rings (SSSR count). The Morgan fingerprint density at radius 2 is 1.94 bits per heavy atom. The number of hydrogen-bond acceptors (Lipinski definition) is 1. The van der Waals surface area contributed by atoms with Crippen molar-refractivity contribution in [2.24, 2.45) is 5.92 Å². The van der Waals surface area contributed by atoms with Crippen LogP contribution < -0.4 is 0 Å². The van der Waals surface area contributed by atoms with E-state index in [1.165, 1.54) is 12.1 Å². The Hall–Kier alpha value is -0.890. The van der Waals surface area contributed by atoms with Gasteiger partial charge < -0.3 is 5.11 Å². The van der Waals surface area contributed by atoms with E-state index in [0.29, 0.717) is 5.56 Å². The molecule has 2 atom stereocenters. The molecule has 0 saturated carbocycles. The summed E-state index contributed by atoms with van der Waals surface area (Å²) in [5, 5.41) is 10.3. The molecule has 0 spiro atoms. The minimum atomic E-state index is -0.541. The Kier molecular flexibility index (Phi) is 5.63. The fourth-order valence-corrected chi connectivity index (χ4v) is 2.26. The second-order valence-corrected chi connectivity index (χ2v) is 4.82. The lowest BCUT2D eigenvalue weighted by Gasteiger charge is -2.22. The first-order chi connectivity index (χ1) is 8.08. The van der Waals surface area contributed by atoms with Crippen LogP contribution in [0.3, 0.4) is 0 Å². The molecule has 0 fully saturated rings. The van der Waals surface area contributed by atoms with Gasteiger partial charge in [0.15, 0.2) is 0 Å². The lowest BCUT2D eigenvalue weighted by Crippen LogP contribution is -2.12.